The Kier molecular flexibility index (Phi) is 26.8. The SMILES string of the molecule is CCCCCCCCCCCCCCCCCCO[PH+]=O.[Ni]. The van der Waals surface area contributed by atoms with E-state index < -0.39 is 8.69 Å². The smallest absolute Gasteiger partial charge is 0.148 e. The average Bonchev–Trinajstić information content (AvgIpc) is 2.50. The third-order valence-electron chi connectivity index (χ3n) is 4.16. The van der Waals surface area contributed by atoms with Crippen LogP contribution in [0.25, 0.3) is 0 Å². The second kappa shape index (κ2) is 23.8. The van der Waals surface area contributed by atoms with Crippen LogP contribution in [0.1, 0.15) is 110 Å². The molecule has 0 aromatic heterocycles. The third kappa shape index (κ3) is 22.8. The summed E-state index contributed by atoms with van der Waals surface area (Å²) in [5.41, 5.74) is 0. The number of rotatable bonds is 18. The van der Waals surface area contributed by atoms with Gasteiger partial charge in [-0.1, -0.05) is 103 Å². The summed E-state index contributed by atoms with van der Waals surface area (Å²) in [6.07, 6.45) is 22.1. The Bertz CT molecular complexity index is 204. The van der Waals surface area contributed by atoms with E-state index >= 15 is 0 Å². The van der Waals surface area contributed by atoms with Crippen LogP contribution in [0, 0.1) is 0 Å². The summed E-state index contributed by atoms with van der Waals surface area (Å²) in [4.78, 5) is 0. The Balaban J connectivity index is 0. The molecule has 0 spiro atoms. The molecule has 0 amide bonds. The van der Waals surface area contributed by atoms with Crippen LogP contribution in [-0.4, -0.2) is 6.61 Å². The Morgan fingerprint density at radius 3 is 1.23 bits per heavy atom. The Morgan fingerprint density at radius 2 is 0.909 bits per heavy atom. The largest absolute Gasteiger partial charge is 0.494 e. The molecule has 0 bridgehead atoms. The maximum atomic E-state index is 10.1. The summed E-state index contributed by atoms with van der Waals surface area (Å²) in [6, 6.07) is 0. The average molecular weight is 376 g/mol. The van der Waals surface area contributed by atoms with Gasteiger partial charge in [0.1, 0.15) is 6.61 Å². The van der Waals surface area contributed by atoms with Crippen LogP contribution < -0.4 is 0 Å². The second-order valence-electron chi connectivity index (χ2n) is 6.24. The first-order valence-corrected chi connectivity index (χ1v) is 10.2. The second-order valence-corrected chi connectivity index (χ2v) is 6.69. The van der Waals surface area contributed by atoms with Crippen molar-refractivity contribution in [1.82, 2.24) is 0 Å². The van der Waals surface area contributed by atoms with Crippen molar-refractivity contribution in [1.29, 1.82) is 0 Å². The topological polar surface area (TPSA) is 26.3 Å². The van der Waals surface area contributed by atoms with E-state index in [0.29, 0.717) is 6.61 Å². The molecule has 136 valence electrons. The standard InChI is InChI=1S/C18H38O2P.Ni/c1-2-3-4-5-6-7-8-9-10-11-12-13-14-15-16-17-18-20-21-19;/h21H,2-18H2,1H3;/q+1;. The molecule has 0 fully saturated rings. The predicted molar refractivity (Wildman–Crippen MR) is 94.5 cm³/mol. The van der Waals surface area contributed by atoms with E-state index in [1.54, 1.807) is 0 Å². The van der Waals surface area contributed by atoms with Gasteiger partial charge in [-0.25, -0.2) is 0 Å². The predicted octanol–water partition coefficient (Wildman–Crippen LogP) is 7.20. The molecule has 0 N–H and O–H groups in total. The van der Waals surface area contributed by atoms with Gasteiger partial charge in [0.25, 0.3) is 0 Å². The first-order chi connectivity index (χ1) is 10.4. The first-order valence-electron chi connectivity index (χ1n) is 9.40. The molecule has 2 nitrogen and oxygen atoms in total. The van der Waals surface area contributed by atoms with Crippen molar-refractivity contribution >= 4 is 8.69 Å². The van der Waals surface area contributed by atoms with E-state index in [2.05, 4.69) is 6.92 Å². The molecular weight excluding hydrogens is 338 g/mol. The summed E-state index contributed by atoms with van der Waals surface area (Å²) in [5, 5.41) is 0. The molecule has 0 aliphatic carbocycles. The zero-order valence-corrected chi connectivity index (χ0v) is 16.6. The molecule has 22 heavy (non-hydrogen) atoms. The van der Waals surface area contributed by atoms with Gasteiger partial charge in [-0.3, -0.25) is 0 Å². The summed E-state index contributed by atoms with van der Waals surface area (Å²) < 4.78 is 14.9. The fraction of sp³-hybridized carbons (Fsp3) is 1.00. The normalized spacial score (nSPS) is 10.8. The van der Waals surface area contributed by atoms with Gasteiger partial charge < -0.3 is 0 Å². The molecule has 0 rings (SSSR count). The molecule has 0 aromatic carbocycles. The Hall–Kier alpha value is 0.554. The molecule has 0 heterocycles. The van der Waals surface area contributed by atoms with E-state index in [4.69, 9.17) is 4.52 Å². The van der Waals surface area contributed by atoms with Crippen LogP contribution in [0.15, 0.2) is 0 Å². The maximum Gasteiger partial charge on any atom is 0.494 e. The van der Waals surface area contributed by atoms with Gasteiger partial charge in [-0.05, 0) is 11.0 Å². The van der Waals surface area contributed by atoms with E-state index in [9.17, 15) is 4.57 Å². The van der Waals surface area contributed by atoms with Crippen molar-refractivity contribution in [3.05, 3.63) is 0 Å². The summed E-state index contributed by atoms with van der Waals surface area (Å²) in [7, 11) is -0.581. The molecule has 0 aromatic rings. The van der Waals surface area contributed by atoms with Gasteiger partial charge in [0, 0.05) is 16.5 Å². The molecule has 0 aliphatic heterocycles. The van der Waals surface area contributed by atoms with Crippen LogP contribution in [0.4, 0.5) is 0 Å². The van der Waals surface area contributed by atoms with Crippen molar-refractivity contribution in [2.45, 2.75) is 110 Å². The van der Waals surface area contributed by atoms with Gasteiger partial charge in [0.15, 0.2) is 0 Å². The third-order valence-corrected chi connectivity index (χ3v) is 4.48. The van der Waals surface area contributed by atoms with E-state index in [1.165, 1.54) is 96.3 Å². The quantitative estimate of drug-likeness (QED) is 0.144. The van der Waals surface area contributed by atoms with E-state index in [-0.39, 0.29) is 16.5 Å². The van der Waals surface area contributed by atoms with Crippen molar-refractivity contribution in [2.75, 3.05) is 6.61 Å². The Labute approximate surface area is 150 Å². The van der Waals surface area contributed by atoms with Crippen LogP contribution in [-0.2, 0) is 25.6 Å². The minimum atomic E-state index is -0.581. The van der Waals surface area contributed by atoms with E-state index in [1.807, 2.05) is 0 Å². The van der Waals surface area contributed by atoms with Gasteiger partial charge in [0.05, 0.1) is 0 Å². The fourth-order valence-corrected chi connectivity index (χ4v) is 2.99. The Morgan fingerprint density at radius 1 is 0.591 bits per heavy atom. The first kappa shape index (κ1) is 24.8. The van der Waals surface area contributed by atoms with Crippen LogP contribution >= 0.6 is 8.69 Å². The summed E-state index contributed by atoms with van der Waals surface area (Å²) >= 11 is 0. The molecule has 1 unspecified atom stereocenters. The van der Waals surface area contributed by atoms with E-state index in [0.717, 1.165) is 6.42 Å². The molecule has 0 saturated heterocycles. The summed E-state index contributed by atoms with van der Waals surface area (Å²) in [6.45, 7) is 2.95. The van der Waals surface area contributed by atoms with Crippen LogP contribution in [0.3, 0.4) is 0 Å². The summed E-state index contributed by atoms with van der Waals surface area (Å²) in [5.74, 6) is 0. The van der Waals surface area contributed by atoms with Gasteiger partial charge in [-0.15, -0.1) is 4.52 Å². The van der Waals surface area contributed by atoms with Crippen LogP contribution in [0.5, 0.6) is 0 Å². The molecule has 4 heteroatoms. The minimum absolute atomic E-state index is 0. The van der Waals surface area contributed by atoms with Crippen molar-refractivity contribution in [3.8, 4) is 0 Å². The monoisotopic (exact) mass is 375 g/mol. The molecular formula is C18H38NiO2P+. The number of unbranched alkanes of at least 4 members (excludes halogenated alkanes) is 15. The van der Waals surface area contributed by atoms with Gasteiger partial charge in [0.2, 0.25) is 0 Å². The van der Waals surface area contributed by atoms with Gasteiger partial charge in [-0.2, -0.15) is 0 Å². The van der Waals surface area contributed by atoms with Gasteiger partial charge >= 0.3 is 8.69 Å². The maximum absolute atomic E-state index is 10.1. The number of hydrogen-bond donors (Lipinski definition) is 0. The number of hydrogen-bond acceptors (Lipinski definition) is 2. The van der Waals surface area contributed by atoms with Crippen molar-refractivity contribution in [2.24, 2.45) is 0 Å². The minimum Gasteiger partial charge on any atom is -0.148 e. The van der Waals surface area contributed by atoms with Crippen LogP contribution in [0.2, 0.25) is 0 Å². The molecule has 0 saturated carbocycles. The molecule has 1 atom stereocenters. The zero-order valence-electron chi connectivity index (χ0n) is 14.7. The zero-order chi connectivity index (χ0) is 15.4. The molecule has 0 aliphatic rings. The molecule has 0 radical (unpaired) electrons. The fourth-order valence-electron chi connectivity index (χ4n) is 2.76. The van der Waals surface area contributed by atoms with Crippen molar-refractivity contribution in [3.63, 3.8) is 0 Å². The van der Waals surface area contributed by atoms with Crippen molar-refractivity contribution < 1.29 is 25.6 Å².